The third kappa shape index (κ3) is 2.47. The Labute approximate surface area is 110 Å². The summed E-state index contributed by atoms with van der Waals surface area (Å²) in [5, 5.41) is 0.250. The van der Waals surface area contributed by atoms with E-state index in [4.69, 9.17) is 11.6 Å². The first-order chi connectivity index (χ1) is 8.09. The van der Waals surface area contributed by atoms with Crippen molar-refractivity contribution in [3.63, 3.8) is 0 Å². The molecule has 2 nitrogen and oxygen atoms in total. The number of nitrogens with zero attached hydrogens (tertiary/aromatic N) is 1. The summed E-state index contributed by atoms with van der Waals surface area (Å²) >= 11 is 6.23. The average Bonchev–Trinajstić information content (AvgIpc) is 2.81. The molecule has 0 spiro atoms. The molecule has 1 heterocycles. The molecule has 3 heteroatoms. The molecule has 2 aliphatic rings. The maximum absolute atomic E-state index is 12.7. The van der Waals surface area contributed by atoms with Crippen molar-refractivity contribution in [3.05, 3.63) is 0 Å². The fraction of sp³-hybridized carbons (Fsp3) is 0.929. The minimum atomic E-state index is -0.0289. The van der Waals surface area contributed by atoms with Gasteiger partial charge in [0.15, 0.2) is 0 Å². The lowest BCUT2D eigenvalue weighted by atomic mass is 9.81. The van der Waals surface area contributed by atoms with Gasteiger partial charge in [0.25, 0.3) is 0 Å². The van der Waals surface area contributed by atoms with Crippen LogP contribution in [-0.4, -0.2) is 29.3 Å². The molecule has 0 aromatic rings. The van der Waals surface area contributed by atoms with Gasteiger partial charge in [-0.3, -0.25) is 4.79 Å². The van der Waals surface area contributed by atoms with Crippen LogP contribution in [0.4, 0.5) is 0 Å². The van der Waals surface area contributed by atoms with Crippen molar-refractivity contribution >= 4 is 17.5 Å². The minimum absolute atomic E-state index is 0.0289. The molecule has 2 unspecified atom stereocenters. The maximum Gasteiger partial charge on any atom is 0.228 e. The Morgan fingerprint density at radius 1 is 1.41 bits per heavy atom. The normalized spacial score (nSPS) is 32.8. The molecule has 0 radical (unpaired) electrons. The van der Waals surface area contributed by atoms with E-state index in [9.17, 15) is 4.79 Å². The molecule has 2 rings (SSSR count). The Kier molecular flexibility index (Phi) is 4.02. The summed E-state index contributed by atoms with van der Waals surface area (Å²) in [6, 6.07) is 0. The Hall–Kier alpha value is -0.240. The molecule has 1 saturated carbocycles. The first kappa shape index (κ1) is 13.2. The van der Waals surface area contributed by atoms with Gasteiger partial charge < -0.3 is 4.90 Å². The highest BCUT2D eigenvalue weighted by Gasteiger charge is 2.43. The van der Waals surface area contributed by atoms with Crippen molar-refractivity contribution in [3.8, 4) is 0 Å². The van der Waals surface area contributed by atoms with E-state index in [1.807, 2.05) is 0 Å². The maximum atomic E-state index is 12.7. The van der Waals surface area contributed by atoms with Crippen LogP contribution in [-0.2, 0) is 4.79 Å². The van der Waals surface area contributed by atoms with E-state index in [0.29, 0.717) is 11.8 Å². The van der Waals surface area contributed by atoms with Gasteiger partial charge in [-0.1, -0.05) is 26.7 Å². The number of halogens is 1. The standard InChI is InChI=1S/C14H24ClNO/c1-3-14(7-4-5-8-14)13(17)16-9-6-12(15)11(2)10-16/h11-12H,3-10H2,1-2H3. The van der Waals surface area contributed by atoms with Gasteiger partial charge >= 0.3 is 0 Å². The minimum Gasteiger partial charge on any atom is -0.342 e. The van der Waals surface area contributed by atoms with Crippen LogP contribution in [0.25, 0.3) is 0 Å². The first-order valence-electron chi connectivity index (χ1n) is 7.02. The van der Waals surface area contributed by atoms with Crippen LogP contribution in [0.15, 0.2) is 0 Å². The Bertz CT molecular complexity index is 286. The SMILES string of the molecule is CCC1(C(=O)N2CCC(Cl)C(C)C2)CCCC1. The average molecular weight is 258 g/mol. The zero-order chi connectivity index (χ0) is 12.5. The van der Waals surface area contributed by atoms with Crippen LogP contribution < -0.4 is 0 Å². The molecule has 0 N–H and O–H groups in total. The number of hydrogen-bond acceptors (Lipinski definition) is 1. The van der Waals surface area contributed by atoms with E-state index in [1.165, 1.54) is 12.8 Å². The van der Waals surface area contributed by atoms with Crippen molar-refractivity contribution in [1.29, 1.82) is 0 Å². The van der Waals surface area contributed by atoms with Crippen LogP contribution in [0.3, 0.4) is 0 Å². The summed E-state index contributed by atoms with van der Waals surface area (Å²) in [5.41, 5.74) is -0.0289. The van der Waals surface area contributed by atoms with E-state index >= 15 is 0 Å². The second kappa shape index (κ2) is 5.17. The zero-order valence-corrected chi connectivity index (χ0v) is 11.8. The highest BCUT2D eigenvalue weighted by Crippen LogP contribution is 2.43. The first-order valence-corrected chi connectivity index (χ1v) is 7.46. The Balaban J connectivity index is 2.04. The lowest BCUT2D eigenvalue weighted by molar-refractivity contribution is -0.143. The van der Waals surface area contributed by atoms with Gasteiger partial charge in [-0.2, -0.15) is 0 Å². The van der Waals surface area contributed by atoms with Crippen LogP contribution in [0.2, 0.25) is 0 Å². The lowest BCUT2D eigenvalue weighted by Crippen LogP contribution is -2.49. The quantitative estimate of drug-likeness (QED) is 0.694. The summed E-state index contributed by atoms with van der Waals surface area (Å²) in [7, 11) is 0. The van der Waals surface area contributed by atoms with E-state index < -0.39 is 0 Å². The van der Waals surface area contributed by atoms with E-state index in [0.717, 1.165) is 38.8 Å². The zero-order valence-electron chi connectivity index (χ0n) is 11.0. The summed E-state index contributed by atoms with van der Waals surface area (Å²) in [6.45, 7) is 6.04. The molecular weight excluding hydrogens is 234 g/mol. The van der Waals surface area contributed by atoms with Crippen LogP contribution in [0, 0.1) is 11.3 Å². The lowest BCUT2D eigenvalue weighted by Gasteiger charge is -2.39. The molecule has 1 amide bonds. The topological polar surface area (TPSA) is 20.3 Å². The van der Waals surface area contributed by atoms with Crippen molar-refractivity contribution in [2.45, 2.75) is 57.7 Å². The number of amides is 1. The van der Waals surface area contributed by atoms with Gasteiger partial charge in [0.2, 0.25) is 5.91 Å². The molecule has 1 aliphatic heterocycles. The number of piperidine rings is 1. The Morgan fingerprint density at radius 3 is 2.59 bits per heavy atom. The number of hydrogen-bond donors (Lipinski definition) is 0. The van der Waals surface area contributed by atoms with Crippen LogP contribution in [0.1, 0.15) is 52.4 Å². The van der Waals surface area contributed by atoms with Crippen molar-refractivity contribution in [1.82, 2.24) is 4.90 Å². The number of alkyl halides is 1. The fourth-order valence-electron chi connectivity index (χ4n) is 3.41. The Morgan fingerprint density at radius 2 is 2.06 bits per heavy atom. The van der Waals surface area contributed by atoms with E-state index in [-0.39, 0.29) is 10.8 Å². The summed E-state index contributed by atoms with van der Waals surface area (Å²) < 4.78 is 0. The number of rotatable bonds is 2. The molecular formula is C14H24ClNO. The molecule has 17 heavy (non-hydrogen) atoms. The van der Waals surface area contributed by atoms with Crippen LogP contribution >= 0.6 is 11.6 Å². The molecule has 0 aromatic heterocycles. The van der Waals surface area contributed by atoms with Crippen molar-refractivity contribution in [2.75, 3.05) is 13.1 Å². The van der Waals surface area contributed by atoms with E-state index in [2.05, 4.69) is 18.7 Å². The summed E-state index contributed by atoms with van der Waals surface area (Å²) in [5.74, 6) is 0.845. The highest BCUT2D eigenvalue weighted by molar-refractivity contribution is 6.20. The third-order valence-corrected chi connectivity index (χ3v) is 5.43. The summed E-state index contributed by atoms with van der Waals surface area (Å²) in [6.07, 6.45) is 6.59. The monoisotopic (exact) mass is 257 g/mol. The molecule has 0 bridgehead atoms. The smallest absolute Gasteiger partial charge is 0.228 e. The van der Waals surface area contributed by atoms with Crippen LogP contribution in [0.5, 0.6) is 0 Å². The summed E-state index contributed by atoms with van der Waals surface area (Å²) in [4.78, 5) is 14.8. The molecule has 0 aromatic carbocycles. The van der Waals surface area contributed by atoms with Gasteiger partial charge in [0.05, 0.1) is 0 Å². The molecule has 2 atom stereocenters. The third-order valence-electron chi connectivity index (χ3n) is 4.78. The molecule has 98 valence electrons. The van der Waals surface area contributed by atoms with E-state index in [1.54, 1.807) is 0 Å². The number of likely N-dealkylation sites (tertiary alicyclic amines) is 1. The second-order valence-electron chi connectivity index (χ2n) is 5.87. The molecule has 1 aliphatic carbocycles. The predicted octanol–water partition coefficient (Wildman–Crippen LogP) is 3.43. The number of carbonyl (C=O) groups is 1. The van der Waals surface area contributed by atoms with Gasteiger partial charge in [0, 0.05) is 23.9 Å². The van der Waals surface area contributed by atoms with Crippen molar-refractivity contribution < 1.29 is 4.79 Å². The molecule has 2 fully saturated rings. The van der Waals surface area contributed by atoms with Gasteiger partial charge in [-0.15, -0.1) is 11.6 Å². The molecule has 1 saturated heterocycles. The van der Waals surface area contributed by atoms with Crippen molar-refractivity contribution in [2.24, 2.45) is 11.3 Å². The van der Waals surface area contributed by atoms with Gasteiger partial charge in [-0.05, 0) is 31.6 Å². The number of carbonyl (C=O) groups excluding carboxylic acids is 1. The van der Waals surface area contributed by atoms with Gasteiger partial charge in [0.1, 0.15) is 0 Å². The second-order valence-corrected chi connectivity index (χ2v) is 6.43. The highest BCUT2D eigenvalue weighted by atomic mass is 35.5. The predicted molar refractivity (Wildman–Crippen MR) is 71.2 cm³/mol. The fourth-order valence-corrected chi connectivity index (χ4v) is 3.58. The largest absolute Gasteiger partial charge is 0.342 e. The van der Waals surface area contributed by atoms with Gasteiger partial charge in [-0.25, -0.2) is 0 Å².